The van der Waals surface area contributed by atoms with Crippen molar-refractivity contribution in [2.75, 3.05) is 0 Å². The summed E-state index contributed by atoms with van der Waals surface area (Å²) >= 11 is 1.85. The third kappa shape index (κ3) is 0.917. The maximum atomic E-state index is 4.37. The van der Waals surface area contributed by atoms with Crippen molar-refractivity contribution in [3.63, 3.8) is 0 Å². The summed E-state index contributed by atoms with van der Waals surface area (Å²) < 4.78 is 0. The number of fused-ring (bicyclic) bond motifs is 1. The summed E-state index contributed by atoms with van der Waals surface area (Å²) in [5, 5.41) is 2.72. The molecule has 0 N–H and O–H groups in total. The van der Waals surface area contributed by atoms with E-state index in [1.165, 1.54) is 12.8 Å². The summed E-state index contributed by atoms with van der Waals surface area (Å²) in [6.07, 6.45) is 6.82. The molecule has 2 aliphatic rings. The summed E-state index contributed by atoms with van der Waals surface area (Å²) in [4.78, 5) is 4.37. The molecular weight excluding hydrogens is 130 g/mol. The van der Waals surface area contributed by atoms with Crippen LogP contribution in [-0.2, 0) is 0 Å². The molecule has 2 heteroatoms. The van der Waals surface area contributed by atoms with Crippen molar-refractivity contribution < 1.29 is 0 Å². The Morgan fingerprint density at radius 2 is 2.56 bits per heavy atom. The van der Waals surface area contributed by atoms with E-state index in [-0.39, 0.29) is 0 Å². The van der Waals surface area contributed by atoms with Gasteiger partial charge in [0, 0.05) is 12.1 Å². The Balaban J connectivity index is 2.16. The molecule has 0 aliphatic carbocycles. The average molecular weight is 139 g/mol. The van der Waals surface area contributed by atoms with Crippen molar-refractivity contribution >= 4 is 18.0 Å². The van der Waals surface area contributed by atoms with Crippen molar-refractivity contribution in [3.8, 4) is 0 Å². The lowest BCUT2D eigenvalue weighted by molar-refractivity contribution is 0.578. The second kappa shape index (κ2) is 2.18. The van der Waals surface area contributed by atoms with Crippen LogP contribution >= 0.6 is 11.8 Å². The molecule has 0 bridgehead atoms. The van der Waals surface area contributed by atoms with Crippen LogP contribution in [0.15, 0.2) is 16.5 Å². The van der Waals surface area contributed by atoms with Gasteiger partial charge >= 0.3 is 0 Å². The predicted molar refractivity (Wildman–Crippen MR) is 41.7 cm³/mol. The van der Waals surface area contributed by atoms with E-state index in [2.05, 4.69) is 22.7 Å². The zero-order chi connectivity index (χ0) is 6.10. The van der Waals surface area contributed by atoms with Crippen molar-refractivity contribution in [2.45, 2.75) is 18.2 Å². The van der Waals surface area contributed by atoms with Crippen molar-refractivity contribution in [2.24, 2.45) is 10.9 Å². The highest BCUT2D eigenvalue weighted by Gasteiger charge is 2.23. The minimum absolute atomic E-state index is 0.541. The Labute approximate surface area is 59.2 Å². The van der Waals surface area contributed by atoms with E-state index >= 15 is 0 Å². The van der Waals surface area contributed by atoms with Gasteiger partial charge in [-0.2, -0.15) is 0 Å². The molecule has 0 saturated carbocycles. The van der Waals surface area contributed by atoms with E-state index < -0.39 is 0 Å². The highest BCUT2D eigenvalue weighted by atomic mass is 32.2. The summed E-state index contributed by atoms with van der Waals surface area (Å²) in [6.45, 7) is 0. The first-order valence-electron chi connectivity index (χ1n) is 3.30. The molecule has 2 unspecified atom stereocenters. The second-order valence-electron chi connectivity index (χ2n) is 2.43. The molecule has 0 aromatic heterocycles. The molecule has 9 heavy (non-hydrogen) atoms. The van der Waals surface area contributed by atoms with Gasteiger partial charge in [0.2, 0.25) is 0 Å². The van der Waals surface area contributed by atoms with Gasteiger partial charge in [-0.25, -0.2) is 0 Å². The smallest absolute Gasteiger partial charge is 0.105 e. The zero-order valence-electron chi connectivity index (χ0n) is 5.16. The van der Waals surface area contributed by atoms with Crippen LogP contribution in [0.4, 0.5) is 0 Å². The molecule has 2 heterocycles. The van der Waals surface area contributed by atoms with Gasteiger partial charge in [0.05, 0.1) is 0 Å². The van der Waals surface area contributed by atoms with Crippen LogP contribution in [0.25, 0.3) is 0 Å². The summed E-state index contributed by atoms with van der Waals surface area (Å²) in [5.41, 5.74) is 0. The lowest BCUT2D eigenvalue weighted by Crippen LogP contribution is -2.13. The van der Waals surface area contributed by atoms with Gasteiger partial charge in [-0.1, -0.05) is 6.08 Å². The van der Waals surface area contributed by atoms with Crippen LogP contribution in [-0.4, -0.2) is 11.6 Å². The minimum atomic E-state index is 0.541. The summed E-state index contributed by atoms with van der Waals surface area (Å²) in [6, 6.07) is 0. The number of hydrogen-bond donors (Lipinski definition) is 0. The number of aliphatic imine (C=N–C) groups is 1. The lowest BCUT2D eigenvalue weighted by Gasteiger charge is -2.16. The lowest BCUT2D eigenvalue weighted by atomic mass is 10.0. The van der Waals surface area contributed by atoms with E-state index in [0.717, 1.165) is 5.92 Å². The van der Waals surface area contributed by atoms with Crippen LogP contribution in [0, 0.1) is 5.92 Å². The van der Waals surface area contributed by atoms with Crippen LogP contribution in [0.5, 0.6) is 0 Å². The van der Waals surface area contributed by atoms with E-state index in [4.69, 9.17) is 0 Å². The SMILES string of the molecule is C1=CC2CCC=NC2S1. The second-order valence-corrected chi connectivity index (χ2v) is 3.46. The third-order valence-electron chi connectivity index (χ3n) is 1.79. The maximum absolute atomic E-state index is 4.37. The molecule has 48 valence electrons. The molecule has 2 atom stereocenters. The van der Waals surface area contributed by atoms with Gasteiger partial charge in [0.15, 0.2) is 0 Å². The van der Waals surface area contributed by atoms with Gasteiger partial charge in [-0.3, -0.25) is 4.99 Å². The molecule has 0 saturated heterocycles. The third-order valence-corrected chi connectivity index (χ3v) is 2.86. The fourth-order valence-electron chi connectivity index (χ4n) is 1.25. The number of thioether (sulfide) groups is 1. The molecule has 2 rings (SSSR count). The predicted octanol–water partition coefficient (Wildman–Crippen LogP) is 2.05. The zero-order valence-corrected chi connectivity index (χ0v) is 5.97. The Morgan fingerprint density at radius 3 is 3.44 bits per heavy atom. The number of hydrogen-bond acceptors (Lipinski definition) is 2. The monoisotopic (exact) mass is 139 g/mol. The molecule has 0 aromatic carbocycles. The maximum Gasteiger partial charge on any atom is 0.105 e. The minimum Gasteiger partial charge on any atom is -0.282 e. The summed E-state index contributed by atoms with van der Waals surface area (Å²) in [7, 11) is 0. The molecule has 0 aromatic rings. The van der Waals surface area contributed by atoms with Crippen molar-refractivity contribution in [3.05, 3.63) is 11.5 Å². The molecule has 0 radical (unpaired) electrons. The number of nitrogens with zero attached hydrogens (tertiary/aromatic N) is 1. The Hall–Kier alpha value is -0.240. The normalized spacial score (nSPS) is 39.1. The van der Waals surface area contributed by atoms with Gasteiger partial charge in [-0.05, 0) is 18.2 Å². The van der Waals surface area contributed by atoms with Crippen LogP contribution in [0.3, 0.4) is 0 Å². The molecule has 0 fully saturated rings. The van der Waals surface area contributed by atoms with Crippen LogP contribution < -0.4 is 0 Å². The van der Waals surface area contributed by atoms with Gasteiger partial charge in [0.1, 0.15) is 5.37 Å². The van der Waals surface area contributed by atoms with Crippen molar-refractivity contribution in [1.29, 1.82) is 0 Å². The van der Waals surface area contributed by atoms with Crippen LogP contribution in [0.1, 0.15) is 12.8 Å². The number of rotatable bonds is 0. The molecule has 0 spiro atoms. The highest BCUT2D eigenvalue weighted by molar-refractivity contribution is 8.03. The molecule has 2 aliphatic heterocycles. The van der Waals surface area contributed by atoms with Gasteiger partial charge < -0.3 is 0 Å². The first-order valence-corrected chi connectivity index (χ1v) is 4.25. The largest absolute Gasteiger partial charge is 0.282 e. The summed E-state index contributed by atoms with van der Waals surface area (Å²) in [5.74, 6) is 0.750. The first-order chi connectivity index (χ1) is 4.47. The van der Waals surface area contributed by atoms with Crippen LogP contribution in [0.2, 0.25) is 0 Å². The molecule has 0 amide bonds. The van der Waals surface area contributed by atoms with Gasteiger partial charge in [-0.15, -0.1) is 11.8 Å². The van der Waals surface area contributed by atoms with E-state index in [1.54, 1.807) is 0 Å². The first kappa shape index (κ1) is 5.54. The Kier molecular flexibility index (Phi) is 1.34. The topological polar surface area (TPSA) is 12.4 Å². The van der Waals surface area contributed by atoms with E-state index in [9.17, 15) is 0 Å². The van der Waals surface area contributed by atoms with E-state index in [1.807, 2.05) is 11.8 Å². The average Bonchev–Trinajstić information content (AvgIpc) is 2.33. The quantitative estimate of drug-likeness (QED) is 0.500. The van der Waals surface area contributed by atoms with E-state index in [0.29, 0.717) is 5.37 Å². The van der Waals surface area contributed by atoms with Crippen molar-refractivity contribution in [1.82, 2.24) is 0 Å². The fraction of sp³-hybridized carbons (Fsp3) is 0.571. The molecule has 1 nitrogen and oxygen atoms in total. The Bertz CT molecular complexity index is 162. The fourth-order valence-corrected chi connectivity index (χ4v) is 2.29. The standard InChI is InChI=1S/C7H9NS/c1-2-6-3-5-9-7(6)8-4-1/h3-7H,1-2H2. The highest BCUT2D eigenvalue weighted by Crippen LogP contribution is 2.35. The molecular formula is C7H9NS. The van der Waals surface area contributed by atoms with Gasteiger partial charge in [0.25, 0.3) is 0 Å². The Morgan fingerprint density at radius 1 is 1.56 bits per heavy atom.